The molecule has 98 valence electrons. The van der Waals surface area contributed by atoms with E-state index in [0.717, 1.165) is 11.5 Å². The van der Waals surface area contributed by atoms with Crippen LogP contribution in [0.3, 0.4) is 0 Å². The molecule has 0 spiro atoms. The lowest BCUT2D eigenvalue weighted by Gasteiger charge is -2.10. The molecular weight excluding hydrogens is 254 g/mol. The monoisotopic (exact) mass is 271 g/mol. The normalized spacial score (nSPS) is 10.0. The zero-order chi connectivity index (χ0) is 13.7. The summed E-state index contributed by atoms with van der Waals surface area (Å²) in [5.74, 6) is 0.765. The summed E-state index contributed by atoms with van der Waals surface area (Å²) in [6.07, 6.45) is 0. The number of pyridine rings is 1. The van der Waals surface area contributed by atoms with E-state index in [1.165, 1.54) is 11.1 Å². The molecule has 2 rings (SSSR count). The Morgan fingerprint density at radius 1 is 1.11 bits per heavy atom. The van der Waals surface area contributed by atoms with Crippen LogP contribution in [0.2, 0.25) is 0 Å². The maximum absolute atomic E-state index is 5.24. The second-order valence-corrected chi connectivity index (χ2v) is 4.87. The van der Waals surface area contributed by atoms with Crippen molar-refractivity contribution in [3.05, 3.63) is 59.3 Å². The Morgan fingerprint density at radius 3 is 2.53 bits per heavy atom. The number of nitrogens with zero attached hydrogens (tertiary/aromatic N) is 1. The Balaban J connectivity index is 1.86. The van der Waals surface area contributed by atoms with E-state index in [1.54, 1.807) is 0 Å². The summed E-state index contributed by atoms with van der Waals surface area (Å²) >= 11 is 5.24. The zero-order valence-electron chi connectivity index (χ0n) is 11.1. The largest absolute Gasteiger partial charge is 0.358 e. The third-order valence-corrected chi connectivity index (χ3v) is 2.95. The summed E-state index contributed by atoms with van der Waals surface area (Å²) in [7, 11) is 0. The second-order valence-electron chi connectivity index (χ2n) is 4.46. The van der Waals surface area contributed by atoms with Crippen LogP contribution in [0, 0.1) is 13.8 Å². The van der Waals surface area contributed by atoms with Crippen molar-refractivity contribution in [1.29, 1.82) is 0 Å². The van der Waals surface area contributed by atoms with Crippen molar-refractivity contribution in [2.75, 3.05) is 5.32 Å². The number of thiocarbonyl (C=S) groups is 1. The van der Waals surface area contributed by atoms with E-state index in [2.05, 4.69) is 46.8 Å². The van der Waals surface area contributed by atoms with E-state index in [1.807, 2.05) is 25.1 Å². The molecular formula is C15H17N3S. The first-order valence-corrected chi connectivity index (χ1v) is 6.58. The number of hydrogen-bond donors (Lipinski definition) is 2. The zero-order valence-corrected chi connectivity index (χ0v) is 11.9. The molecule has 2 aromatic rings. The minimum atomic E-state index is 0.582. The minimum absolute atomic E-state index is 0.582. The van der Waals surface area contributed by atoms with Gasteiger partial charge in [-0.2, -0.15) is 0 Å². The molecule has 0 saturated carbocycles. The number of aromatic nitrogens is 1. The van der Waals surface area contributed by atoms with Gasteiger partial charge in [-0.25, -0.2) is 4.98 Å². The number of nitrogens with one attached hydrogen (secondary N) is 2. The van der Waals surface area contributed by atoms with Gasteiger partial charge in [0.25, 0.3) is 0 Å². The lowest BCUT2D eigenvalue weighted by Crippen LogP contribution is -2.28. The van der Waals surface area contributed by atoms with Gasteiger partial charge >= 0.3 is 0 Å². The predicted molar refractivity (Wildman–Crippen MR) is 83.2 cm³/mol. The number of rotatable bonds is 3. The van der Waals surface area contributed by atoms with Crippen LogP contribution in [0.1, 0.15) is 16.8 Å². The third kappa shape index (κ3) is 4.34. The molecule has 0 radical (unpaired) electrons. The smallest absolute Gasteiger partial charge is 0.172 e. The van der Waals surface area contributed by atoms with Gasteiger partial charge in [-0.05, 0) is 43.8 Å². The maximum Gasteiger partial charge on any atom is 0.172 e. The van der Waals surface area contributed by atoms with Gasteiger partial charge in [0, 0.05) is 12.2 Å². The average molecular weight is 271 g/mol. The van der Waals surface area contributed by atoms with Gasteiger partial charge in [0.2, 0.25) is 0 Å². The Bertz CT molecular complexity index is 564. The first-order valence-electron chi connectivity index (χ1n) is 6.17. The standard InChI is InChI=1S/C15H17N3S/c1-11-6-8-13(9-7-11)10-16-15(19)18-14-5-3-4-12(2)17-14/h3-9H,10H2,1-2H3,(H2,16,17,18,19). The number of anilines is 1. The fourth-order valence-electron chi connectivity index (χ4n) is 1.66. The van der Waals surface area contributed by atoms with Gasteiger partial charge in [-0.15, -0.1) is 0 Å². The van der Waals surface area contributed by atoms with Crippen molar-refractivity contribution in [3.8, 4) is 0 Å². The van der Waals surface area contributed by atoms with Gasteiger partial charge in [0.05, 0.1) is 0 Å². The lowest BCUT2D eigenvalue weighted by atomic mass is 10.1. The fourth-order valence-corrected chi connectivity index (χ4v) is 1.84. The second kappa shape index (κ2) is 6.29. The van der Waals surface area contributed by atoms with Crippen molar-refractivity contribution in [2.45, 2.75) is 20.4 Å². The van der Waals surface area contributed by atoms with Crippen molar-refractivity contribution >= 4 is 23.1 Å². The maximum atomic E-state index is 5.24. The van der Waals surface area contributed by atoms with E-state index in [4.69, 9.17) is 12.2 Å². The Morgan fingerprint density at radius 2 is 1.84 bits per heavy atom. The molecule has 19 heavy (non-hydrogen) atoms. The molecule has 0 atom stereocenters. The average Bonchev–Trinajstić information content (AvgIpc) is 2.38. The number of aryl methyl sites for hydroxylation is 2. The summed E-state index contributed by atoms with van der Waals surface area (Å²) in [5.41, 5.74) is 3.42. The molecule has 1 aromatic heterocycles. The molecule has 2 N–H and O–H groups in total. The Kier molecular flexibility index (Phi) is 4.47. The number of hydrogen-bond acceptors (Lipinski definition) is 2. The molecule has 0 unspecified atom stereocenters. The van der Waals surface area contributed by atoms with Gasteiger partial charge in [0.15, 0.2) is 5.11 Å². The number of benzene rings is 1. The summed E-state index contributed by atoms with van der Waals surface area (Å²) in [4.78, 5) is 4.34. The van der Waals surface area contributed by atoms with E-state index >= 15 is 0 Å². The molecule has 0 aliphatic rings. The summed E-state index contributed by atoms with van der Waals surface area (Å²) in [6, 6.07) is 14.2. The molecule has 0 amide bonds. The van der Waals surface area contributed by atoms with Gasteiger partial charge in [0.1, 0.15) is 5.82 Å². The molecule has 0 fully saturated rings. The van der Waals surface area contributed by atoms with Crippen LogP contribution < -0.4 is 10.6 Å². The third-order valence-electron chi connectivity index (χ3n) is 2.70. The van der Waals surface area contributed by atoms with E-state index in [-0.39, 0.29) is 0 Å². The van der Waals surface area contributed by atoms with Crippen LogP contribution in [0.25, 0.3) is 0 Å². The molecule has 1 heterocycles. The Hall–Kier alpha value is -1.94. The highest BCUT2D eigenvalue weighted by molar-refractivity contribution is 7.80. The van der Waals surface area contributed by atoms with Crippen LogP contribution in [0.4, 0.5) is 5.82 Å². The van der Waals surface area contributed by atoms with Crippen molar-refractivity contribution in [3.63, 3.8) is 0 Å². The van der Waals surface area contributed by atoms with E-state index in [9.17, 15) is 0 Å². The lowest BCUT2D eigenvalue weighted by molar-refractivity contribution is 0.924. The highest BCUT2D eigenvalue weighted by atomic mass is 32.1. The molecule has 0 bridgehead atoms. The minimum Gasteiger partial charge on any atom is -0.358 e. The quantitative estimate of drug-likeness (QED) is 0.841. The fraction of sp³-hybridized carbons (Fsp3) is 0.200. The Labute approximate surface area is 119 Å². The molecule has 0 aliphatic carbocycles. The van der Waals surface area contributed by atoms with Gasteiger partial charge in [-0.3, -0.25) is 0 Å². The van der Waals surface area contributed by atoms with Gasteiger partial charge in [-0.1, -0.05) is 35.9 Å². The van der Waals surface area contributed by atoms with Crippen molar-refractivity contribution in [1.82, 2.24) is 10.3 Å². The molecule has 0 aliphatic heterocycles. The highest BCUT2D eigenvalue weighted by Gasteiger charge is 1.99. The molecule has 4 heteroatoms. The molecule has 1 aromatic carbocycles. The van der Waals surface area contributed by atoms with Crippen LogP contribution in [-0.4, -0.2) is 10.1 Å². The predicted octanol–water partition coefficient (Wildman–Crippen LogP) is 3.19. The topological polar surface area (TPSA) is 37.0 Å². The summed E-state index contributed by atoms with van der Waals surface area (Å²) in [5, 5.41) is 6.82. The molecule has 0 saturated heterocycles. The van der Waals surface area contributed by atoms with Crippen LogP contribution in [0.15, 0.2) is 42.5 Å². The molecule has 3 nitrogen and oxygen atoms in total. The SMILES string of the molecule is Cc1ccc(CNC(=S)Nc2cccc(C)n2)cc1. The first kappa shape index (κ1) is 13.5. The summed E-state index contributed by atoms with van der Waals surface area (Å²) < 4.78 is 0. The van der Waals surface area contributed by atoms with Crippen molar-refractivity contribution in [2.24, 2.45) is 0 Å². The van der Waals surface area contributed by atoms with Gasteiger partial charge < -0.3 is 10.6 Å². The highest BCUT2D eigenvalue weighted by Crippen LogP contribution is 2.05. The van der Waals surface area contributed by atoms with Crippen LogP contribution in [-0.2, 0) is 6.54 Å². The first-order chi connectivity index (χ1) is 9.13. The van der Waals surface area contributed by atoms with Crippen LogP contribution >= 0.6 is 12.2 Å². The van der Waals surface area contributed by atoms with E-state index in [0.29, 0.717) is 11.7 Å². The summed E-state index contributed by atoms with van der Waals surface area (Å²) in [6.45, 7) is 4.73. The van der Waals surface area contributed by atoms with Crippen LogP contribution in [0.5, 0.6) is 0 Å². The van der Waals surface area contributed by atoms with E-state index < -0.39 is 0 Å². The van der Waals surface area contributed by atoms with Crippen molar-refractivity contribution < 1.29 is 0 Å².